The molecule has 1 heterocycles. The van der Waals surface area contributed by atoms with Crippen molar-refractivity contribution in [1.29, 1.82) is 0 Å². The second-order valence-electron chi connectivity index (χ2n) is 9.24. The van der Waals surface area contributed by atoms with Crippen LogP contribution in [0.3, 0.4) is 0 Å². The number of phenols is 1. The van der Waals surface area contributed by atoms with Gasteiger partial charge in [0.25, 0.3) is 0 Å². The smallest absolute Gasteiger partial charge is 0.243 e. The van der Waals surface area contributed by atoms with Crippen molar-refractivity contribution in [3.05, 3.63) is 90.7 Å². The van der Waals surface area contributed by atoms with Gasteiger partial charge in [-0.2, -0.15) is 0 Å². The fourth-order valence-corrected chi connectivity index (χ4v) is 4.78. The number of nitrogens with one attached hydrogen (secondary N) is 3. The Morgan fingerprint density at radius 1 is 0.909 bits per heavy atom. The van der Waals surface area contributed by atoms with E-state index in [1.807, 2.05) is 0 Å². The molecule has 0 fully saturated rings. The summed E-state index contributed by atoms with van der Waals surface area (Å²) in [6, 6.07) is 21.9. The van der Waals surface area contributed by atoms with E-state index in [9.17, 15) is 23.1 Å². The van der Waals surface area contributed by atoms with Crippen LogP contribution in [0.15, 0.2) is 84.9 Å². The molecule has 226 valence electrons. The second-order valence-corrected chi connectivity index (χ2v) is 10.0. The number of aromatic nitrogens is 2. The Hall–Kier alpha value is -5.47. The number of para-hydroxylation sites is 2. The van der Waals surface area contributed by atoms with Gasteiger partial charge in [-0.3, -0.25) is 13.3 Å². The summed E-state index contributed by atoms with van der Waals surface area (Å²) in [6.07, 6.45) is 0. The first-order valence-corrected chi connectivity index (χ1v) is 14.1. The largest absolute Gasteiger partial charge is 0.755 e. The van der Waals surface area contributed by atoms with Crippen molar-refractivity contribution in [3.8, 4) is 17.2 Å². The Kier molecular flexibility index (Phi) is 9.02. The molecular weight excluding hydrogens is 591 g/mol. The molecule has 0 spiro atoms. The van der Waals surface area contributed by atoms with E-state index in [-0.39, 0.29) is 23.9 Å². The summed E-state index contributed by atoms with van der Waals surface area (Å²) in [6.45, 7) is -0.222. The number of phenolic OH excluding ortho intramolecular Hbond substituents is 1. The predicted octanol–water partition coefficient (Wildman–Crippen LogP) is 5.22. The van der Waals surface area contributed by atoms with Crippen molar-refractivity contribution < 1.29 is 32.5 Å². The van der Waals surface area contributed by atoms with Gasteiger partial charge in [0, 0.05) is 41.3 Å². The van der Waals surface area contributed by atoms with Crippen LogP contribution >= 0.6 is 0 Å². The number of fused-ring (bicyclic) bond motifs is 1. The van der Waals surface area contributed by atoms with E-state index in [1.54, 1.807) is 54.6 Å². The Bertz CT molecular complexity index is 1840. The first-order chi connectivity index (χ1) is 21.2. The third-order valence-electron chi connectivity index (χ3n) is 6.27. The predicted molar refractivity (Wildman–Crippen MR) is 165 cm³/mol. The Labute approximate surface area is 253 Å². The van der Waals surface area contributed by atoms with Crippen LogP contribution in [-0.4, -0.2) is 50.5 Å². The number of halogens is 1. The highest BCUT2D eigenvalue weighted by Gasteiger charge is 2.21. The van der Waals surface area contributed by atoms with E-state index in [1.165, 1.54) is 38.5 Å². The van der Waals surface area contributed by atoms with E-state index < -0.39 is 28.7 Å². The number of methoxy groups -OCH3 is 2. The summed E-state index contributed by atoms with van der Waals surface area (Å²) < 4.78 is 50.7. The summed E-state index contributed by atoms with van der Waals surface area (Å²) in [5.74, 6) is -0.717. The van der Waals surface area contributed by atoms with Crippen LogP contribution in [0.5, 0.6) is 17.2 Å². The number of nitrogens with zero attached hydrogens (tertiary/aromatic N) is 3. The van der Waals surface area contributed by atoms with Gasteiger partial charge >= 0.3 is 0 Å². The zero-order chi connectivity index (χ0) is 31.2. The highest BCUT2D eigenvalue weighted by Crippen LogP contribution is 2.36. The lowest BCUT2D eigenvalue weighted by molar-refractivity contribution is -0.114. The number of carbonyl (C=O) groups excluding carboxylic acids is 1. The number of hydrogen-bond acceptors (Lipinski definition) is 10. The molecule has 1 aromatic heterocycles. The molecular formula is C30H26FN6O6S-. The minimum Gasteiger partial charge on any atom is -0.755 e. The van der Waals surface area contributed by atoms with Crippen molar-refractivity contribution >= 4 is 62.6 Å². The molecule has 4 N–H and O–H groups in total. The summed E-state index contributed by atoms with van der Waals surface area (Å²) in [5, 5.41) is 17.9. The molecule has 12 nitrogen and oxygen atoms in total. The molecule has 0 aliphatic carbocycles. The average molecular weight is 618 g/mol. The number of rotatable bonds is 11. The van der Waals surface area contributed by atoms with Gasteiger partial charge in [-0.05, 0) is 42.5 Å². The second kappa shape index (κ2) is 13.2. The molecule has 0 saturated carbocycles. The van der Waals surface area contributed by atoms with E-state index in [0.29, 0.717) is 39.6 Å². The average Bonchev–Trinajstić information content (AvgIpc) is 3.01. The fourth-order valence-electron chi connectivity index (χ4n) is 4.23. The number of carbonyl (C=O) groups is 1. The van der Waals surface area contributed by atoms with Crippen molar-refractivity contribution in [2.75, 3.05) is 41.0 Å². The summed E-state index contributed by atoms with van der Waals surface area (Å²) in [7, 11) is 3.02. The molecule has 1 amide bonds. The minimum atomic E-state index is -2.87. The van der Waals surface area contributed by atoms with Crippen LogP contribution in [0.1, 0.15) is 0 Å². The molecule has 1 unspecified atom stereocenters. The van der Waals surface area contributed by atoms with Crippen molar-refractivity contribution in [3.63, 3.8) is 0 Å². The van der Waals surface area contributed by atoms with Gasteiger partial charge in [0.15, 0.2) is 23.2 Å². The van der Waals surface area contributed by atoms with Gasteiger partial charge in [-0.15, -0.1) is 0 Å². The molecule has 0 aliphatic heterocycles. The monoisotopic (exact) mass is 617 g/mol. The highest BCUT2D eigenvalue weighted by atomic mass is 32.2. The number of hydrogen-bond donors (Lipinski definition) is 4. The van der Waals surface area contributed by atoms with Gasteiger partial charge in [-0.25, -0.2) is 14.4 Å². The van der Waals surface area contributed by atoms with Crippen LogP contribution in [0.25, 0.3) is 11.0 Å². The Balaban J connectivity index is 1.46. The van der Waals surface area contributed by atoms with Crippen LogP contribution in [0.2, 0.25) is 0 Å². The van der Waals surface area contributed by atoms with Gasteiger partial charge in [0.05, 0.1) is 48.8 Å². The number of anilines is 6. The van der Waals surface area contributed by atoms with Crippen molar-refractivity contribution in [1.82, 2.24) is 9.97 Å². The SMILES string of the molecule is COc1cc(Nc2nc3ccccc3nc2N(c2cccc(NC(=O)CNc3ccc(O)c(F)c3)c2)S(=O)[O-])cc(OC)c1. The third kappa shape index (κ3) is 6.94. The number of aromatic hydroxyl groups is 1. The standard InChI is InChI=1S/C30H27FN6O6S/c1-42-22-13-20(14-23(16-22)43-2)34-29-30(36-26-9-4-3-8-25(26)35-29)37(44(40)41)21-7-5-6-19(12-21)33-28(39)17-32-18-10-11-27(38)24(31)15-18/h3-16,32,38H,17H2,1-2H3,(H,33,39)(H,34,35)(H,40,41)/p-1. The number of amides is 1. The maximum absolute atomic E-state index is 13.6. The lowest BCUT2D eigenvalue weighted by Gasteiger charge is -2.27. The van der Waals surface area contributed by atoms with Crippen LogP contribution in [0.4, 0.5) is 38.8 Å². The van der Waals surface area contributed by atoms with Crippen molar-refractivity contribution in [2.24, 2.45) is 0 Å². The van der Waals surface area contributed by atoms with Gasteiger partial charge in [-0.1, -0.05) is 18.2 Å². The molecule has 44 heavy (non-hydrogen) atoms. The quantitative estimate of drug-likeness (QED) is 0.114. The maximum atomic E-state index is 13.6. The number of ether oxygens (including phenoxy) is 2. The normalized spacial score (nSPS) is 11.5. The topological polar surface area (TPSA) is 161 Å². The molecule has 5 rings (SSSR count). The lowest BCUT2D eigenvalue weighted by atomic mass is 10.2. The summed E-state index contributed by atoms with van der Waals surface area (Å²) >= 11 is -2.87. The zero-order valence-corrected chi connectivity index (χ0v) is 24.2. The molecule has 14 heteroatoms. The van der Waals surface area contributed by atoms with Crippen LogP contribution < -0.4 is 29.7 Å². The minimum absolute atomic E-state index is 0.0293. The first kappa shape index (κ1) is 30.0. The molecule has 1 atom stereocenters. The van der Waals surface area contributed by atoms with E-state index in [2.05, 4.69) is 25.9 Å². The number of benzene rings is 4. The molecule has 0 bridgehead atoms. The third-order valence-corrected chi connectivity index (χ3v) is 6.95. The first-order valence-electron chi connectivity index (χ1n) is 13.0. The maximum Gasteiger partial charge on any atom is 0.243 e. The van der Waals surface area contributed by atoms with E-state index >= 15 is 0 Å². The Morgan fingerprint density at radius 3 is 2.27 bits per heavy atom. The highest BCUT2D eigenvalue weighted by molar-refractivity contribution is 7.81. The molecule has 4 aromatic carbocycles. The summed E-state index contributed by atoms with van der Waals surface area (Å²) in [5.41, 5.74) is 2.23. The molecule has 0 saturated heterocycles. The van der Waals surface area contributed by atoms with Crippen LogP contribution in [-0.2, 0) is 16.1 Å². The zero-order valence-electron chi connectivity index (χ0n) is 23.4. The molecule has 0 radical (unpaired) electrons. The van der Waals surface area contributed by atoms with Gasteiger partial charge in [0.2, 0.25) is 5.91 Å². The fraction of sp³-hybridized carbons (Fsp3) is 0.100. The lowest BCUT2D eigenvalue weighted by Crippen LogP contribution is -2.24. The Morgan fingerprint density at radius 2 is 1.61 bits per heavy atom. The van der Waals surface area contributed by atoms with Crippen LogP contribution in [0, 0.1) is 5.82 Å². The van der Waals surface area contributed by atoms with Gasteiger partial charge < -0.3 is 35.1 Å². The van der Waals surface area contributed by atoms with E-state index in [4.69, 9.17) is 9.47 Å². The molecule has 0 aliphatic rings. The van der Waals surface area contributed by atoms with Crippen molar-refractivity contribution in [2.45, 2.75) is 0 Å². The summed E-state index contributed by atoms with van der Waals surface area (Å²) in [4.78, 5) is 21.9. The van der Waals surface area contributed by atoms with E-state index in [0.717, 1.165) is 10.4 Å². The van der Waals surface area contributed by atoms with Gasteiger partial charge in [0.1, 0.15) is 11.5 Å². The molecule has 5 aromatic rings.